The van der Waals surface area contributed by atoms with Crippen LogP contribution in [0.2, 0.25) is 0 Å². The molecule has 116 valence electrons. The SMILES string of the molecule is O=C(NCC[C@@H]1CCOC1)c1ccc(CN2CCCC2)o1. The molecule has 5 nitrogen and oxygen atoms in total. The zero-order valence-electron chi connectivity index (χ0n) is 12.5. The Labute approximate surface area is 125 Å². The maximum atomic E-state index is 12.0. The first kappa shape index (κ1) is 14.6. The van der Waals surface area contributed by atoms with Gasteiger partial charge in [-0.15, -0.1) is 0 Å². The van der Waals surface area contributed by atoms with Crippen molar-refractivity contribution in [2.45, 2.75) is 32.2 Å². The van der Waals surface area contributed by atoms with Crippen molar-refractivity contribution in [1.29, 1.82) is 0 Å². The topological polar surface area (TPSA) is 54.7 Å². The van der Waals surface area contributed by atoms with Crippen LogP contribution >= 0.6 is 0 Å². The van der Waals surface area contributed by atoms with E-state index in [0.717, 1.165) is 51.4 Å². The first-order chi connectivity index (χ1) is 10.3. The fourth-order valence-electron chi connectivity index (χ4n) is 3.03. The first-order valence-electron chi connectivity index (χ1n) is 7.98. The van der Waals surface area contributed by atoms with Crippen LogP contribution in [0.25, 0.3) is 0 Å². The molecule has 1 atom stereocenters. The zero-order valence-corrected chi connectivity index (χ0v) is 12.5. The second-order valence-electron chi connectivity index (χ2n) is 6.02. The Bertz CT molecular complexity index is 460. The van der Waals surface area contributed by atoms with E-state index in [4.69, 9.17) is 9.15 Å². The van der Waals surface area contributed by atoms with E-state index >= 15 is 0 Å². The Morgan fingerprint density at radius 2 is 2.19 bits per heavy atom. The van der Waals surface area contributed by atoms with Gasteiger partial charge in [0, 0.05) is 19.8 Å². The molecular formula is C16H24N2O3. The zero-order chi connectivity index (χ0) is 14.5. The number of rotatable bonds is 6. The fraction of sp³-hybridized carbons (Fsp3) is 0.688. The van der Waals surface area contributed by atoms with Crippen LogP contribution in [0.15, 0.2) is 16.5 Å². The number of nitrogens with zero attached hydrogens (tertiary/aromatic N) is 1. The van der Waals surface area contributed by atoms with Crippen LogP contribution in [0.4, 0.5) is 0 Å². The third-order valence-corrected chi connectivity index (χ3v) is 4.33. The standard InChI is InChI=1S/C16H24N2O3/c19-16(17-7-5-13-6-10-20-12-13)15-4-3-14(21-15)11-18-8-1-2-9-18/h3-4,13H,1-2,5-12H2,(H,17,19)/t13-/m1/s1. The number of carbonyl (C=O) groups is 1. The Balaban J connectivity index is 1.42. The Hall–Kier alpha value is -1.33. The molecule has 3 heterocycles. The van der Waals surface area contributed by atoms with Gasteiger partial charge < -0.3 is 14.5 Å². The maximum Gasteiger partial charge on any atom is 0.286 e. The van der Waals surface area contributed by atoms with Crippen LogP contribution in [-0.2, 0) is 11.3 Å². The second kappa shape index (κ2) is 7.09. The summed E-state index contributed by atoms with van der Waals surface area (Å²) in [6, 6.07) is 3.69. The van der Waals surface area contributed by atoms with Gasteiger partial charge in [-0.05, 0) is 56.8 Å². The van der Waals surface area contributed by atoms with Crippen molar-refractivity contribution in [2.75, 3.05) is 32.8 Å². The second-order valence-corrected chi connectivity index (χ2v) is 6.02. The maximum absolute atomic E-state index is 12.0. The van der Waals surface area contributed by atoms with Gasteiger partial charge in [-0.2, -0.15) is 0 Å². The summed E-state index contributed by atoms with van der Waals surface area (Å²) < 4.78 is 11.0. The van der Waals surface area contributed by atoms with Gasteiger partial charge in [-0.3, -0.25) is 9.69 Å². The number of amides is 1. The number of likely N-dealkylation sites (tertiary alicyclic amines) is 1. The van der Waals surface area contributed by atoms with Crippen molar-refractivity contribution in [3.05, 3.63) is 23.7 Å². The Kier molecular flexibility index (Phi) is 4.93. The molecule has 0 aromatic carbocycles. The molecule has 0 unspecified atom stereocenters. The molecule has 21 heavy (non-hydrogen) atoms. The smallest absolute Gasteiger partial charge is 0.286 e. The van der Waals surface area contributed by atoms with E-state index in [0.29, 0.717) is 18.2 Å². The van der Waals surface area contributed by atoms with Crippen LogP contribution in [0.1, 0.15) is 42.0 Å². The minimum Gasteiger partial charge on any atom is -0.455 e. The number of hydrogen-bond acceptors (Lipinski definition) is 4. The molecule has 2 aliphatic heterocycles. The molecule has 0 aliphatic carbocycles. The highest BCUT2D eigenvalue weighted by atomic mass is 16.5. The summed E-state index contributed by atoms with van der Waals surface area (Å²) in [6.45, 7) is 5.45. The molecule has 0 bridgehead atoms. The number of hydrogen-bond donors (Lipinski definition) is 1. The third kappa shape index (κ3) is 4.08. The van der Waals surface area contributed by atoms with Crippen molar-refractivity contribution >= 4 is 5.91 Å². The van der Waals surface area contributed by atoms with Crippen LogP contribution < -0.4 is 5.32 Å². The highest BCUT2D eigenvalue weighted by Gasteiger charge is 2.18. The molecule has 2 aliphatic rings. The molecule has 0 radical (unpaired) electrons. The van der Waals surface area contributed by atoms with Gasteiger partial charge in [0.2, 0.25) is 0 Å². The van der Waals surface area contributed by atoms with Gasteiger partial charge >= 0.3 is 0 Å². The largest absolute Gasteiger partial charge is 0.455 e. The first-order valence-corrected chi connectivity index (χ1v) is 7.98. The molecule has 0 spiro atoms. The minimum atomic E-state index is -0.110. The lowest BCUT2D eigenvalue weighted by Crippen LogP contribution is -2.25. The average molecular weight is 292 g/mol. The number of ether oxygens (including phenoxy) is 1. The van der Waals surface area contributed by atoms with Crippen molar-refractivity contribution in [3.63, 3.8) is 0 Å². The van der Waals surface area contributed by atoms with Crippen molar-refractivity contribution in [3.8, 4) is 0 Å². The van der Waals surface area contributed by atoms with E-state index in [1.54, 1.807) is 6.07 Å². The lowest BCUT2D eigenvalue weighted by atomic mass is 10.1. The van der Waals surface area contributed by atoms with Gasteiger partial charge in [0.25, 0.3) is 5.91 Å². The lowest BCUT2D eigenvalue weighted by molar-refractivity contribution is 0.0919. The quantitative estimate of drug-likeness (QED) is 0.871. The molecule has 1 N–H and O–H groups in total. The molecular weight excluding hydrogens is 268 g/mol. The van der Waals surface area contributed by atoms with Gasteiger partial charge in [-0.1, -0.05) is 0 Å². The number of nitrogens with one attached hydrogen (secondary N) is 1. The fourth-order valence-corrected chi connectivity index (χ4v) is 3.03. The number of furan rings is 1. The van der Waals surface area contributed by atoms with Crippen molar-refractivity contribution in [1.82, 2.24) is 10.2 Å². The molecule has 1 aromatic rings. The molecule has 2 saturated heterocycles. The Morgan fingerprint density at radius 3 is 2.95 bits per heavy atom. The predicted molar refractivity (Wildman–Crippen MR) is 79.1 cm³/mol. The van der Waals surface area contributed by atoms with E-state index in [2.05, 4.69) is 10.2 Å². The summed E-state index contributed by atoms with van der Waals surface area (Å²) >= 11 is 0. The summed E-state index contributed by atoms with van der Waals surface area (Å²) in [7, 11) is 0. The van der Waals surface area contributed by atoms with E-state index < -0.39 is 0 Å². The van der Waals surface area contributed by atoms with Gasteiger partial charge in [0.15, 0.2) is 5.76 Å². The summed E-state index contributed by atoms with van der Waals surface area (Å²) in [5.74, 6) is 1.78. The molecule has 2 fully saturated rings. The van der Waals surface area contributed by atoms with Crippen LogP contribution in [0.3, 0.4) is 0 Å². The summed E-state index contributed by atoms with van der Waals surface area (Å²) in [5, 5.41) is 2.93. The minimum absolute atomic E-state index is 0.110. The summed E-state index contributed by atoms with van der Waals surface area (Å²) in [5.41, 5.74) is 0. The lowest BCUT2D eigenvalue weighted by Gasteiger charge is -2.11. The predicted octanol–water partition coefficient (Wildman–Crippen LogP) is 2.03. The average Bonchev–Trinajstić information content (AvgIpc) is 3.20. The monoisotopic (exact) mass is 292 g/mol. The summed E-state index contributed by atoms with van der Waals surface area (Å²) in [6.07, 6.45) is 4.61. The highest BCUT2D eigenvalue weighted by molar-refractivity contribution is 5.91. The van der Waals surface area contributed by atoms with Crippen LogP contribution in [0, 0.1) is 5.92 Å². The van der Waals surface area contributed by atoms with E-state index in [1.165, 1.54) is 12.8 Å². The Morgan fingerprint density at radius 1 is 1.33 bits per heavy atom. The van der Waals surface area contributed by atoms with Gasteiger partial charge in [0.1, 0.15) is 5.76 Å². The van der Waals surface area contributed by atoms with E-state index in [9.17, 15) is 4.79 Å². The molecule has 0 saturated carbocycles. The molecule has 5 heteroatoms. The number of carbonyl (C=O) groups excluding carboxylic acids is 1. The van der Waals surface area contributed by atoms with Crippen molar-refractivity contribution < 1.29 is 13.9 Å². The molecule has 3 rings (SSSR count). The molecule has 1 aromatic heterocycles. The van der Waals surface area contributed by atoms with E-state index in [-0.39, 0.29) is 5.91 Å². The van der Waals surface area contributed by atoms with Gasteiger partial charge in [0.05, 0.1) is 6.54 Å². The molecule has 1 amide bonds. The van der Waals surface area contributed by atoms with Crippen LogP contribution in [0.5, 0.6) is 0 Å². The normalized spacial score (nSPS) is 22.8. The van der Waals surface area contributed by atoms with Gasteiger partial charge in [-0.25, -0.2) is 0 Å². The highest BCUT2D eigenvalue weighted by Crippen LogP contribution is 2.16. The summed E-state index contributed by atoms with van der Waals surface area (Å²) in [4.78, 5) is 14.4. The van der Waals surface area contributed by atoms with E-state index in [1.807, 2.05) is 6.07 Å². The van der Waals surface area contributed by atoms with Crippen LogP contribution in [-0.4, -0.2) is 43.7 Å². The third-order valence-electron chi connectivity index (χ3n) is 4.33. The van der Waals surface area contributed by atoms with Crippen molar-refractivity contribution in [2.24, 2.45) is 5.92 Å².